The van der Waals surface area contributed by atoms with E-state index in [0.29, 0.717) is 5.88 Å². The lowest BCUT2D eigenvalue weighted by Gasteiger charge is -2.19. The number of likely N-dealkylation sites (N-methyl/N-ethyl adjacent to an activating group) is 1. The zero-order valence-corrected chi connectivity index (χ0v) is 11.3. The van der Waals surface area contributed by atoms with E-state index < -0.39 is 0 Å². The summed E-state index contributed by atoms with van der Waals surface area (Å²) in [5, 5.41) is 4.52. The van der Waals surface area contributed by atoms with E-state index in [1.54, 1.807) is 6.26 Å². The third kappa shape index (κ3) is 2.77. The van der Waals surface area contributed by atoms with Crippen LogP contribution in [0.5, 0.6) is 0 Å². The summed E-state index contributed by atoms with van der Waals surface area (Å²) >= 11 is 5.84. The molecule has 0 amide bonds. The first-order valence-electron chi connectivity index (χ1n) is 6.22. The molecule has 1 heterocycles. The van der Waals surface area contributed by atoms with Crippen LogP contribution in [0.4, 0.5) is 0 Å². The molecule has 1 aromatic carbocycles. The molecule has 1 unspecified atom stereocenters. The molecule has 0 radical (unpaired) electrons. The van der Waals surface area contributed by atoms with E-state index in [1.165, 1.54) is 0 Å². The van der Waals surface area contributed by atoms with Gasteiger partial charge < -0.3 is 9.73 Å². The Bertz CT molecular complexity index is 526. The van der Waals surface area contributed by atoms with Crippen molar-refractivity contribution in [2.75, 3.05) is 12.4 Å². The third-order valence-electron chi connectivity index (χ3n) is 3.10. The minimum Gasteiger partial charge on any atom is -0.464 e. The van der Waals surface area contributed by atoms with Gasteiger partial charge in [0.25, 0.3) is 0 Å². The molecule has 0 saturated carbocycles. The predicted octanol–water partition coefficient (Wildman–Crippen LogP) is 4.05. The number of halogens is 1. The molecule has 1 N–H and O–H groups in total. The van der Waals surface area contributed by atoms with Gasteiger partial charge in [0.2, 0.25) is 0 Å². The van der Waals surface area contributed by atoms with Crippen molar-refractivity contribution in [1.29, 1.82) is 0 Å². The SMILES string of the molecule is C=C(c1ccc2ccoc2c1)C(CCCl)NCC. The van der Waals surface area contributed by atoms with Crippen molar-refractivity contribution in [2.24, 2.45) is 0 Å². The summed E-state index contributed by atoms with van der Waals surface area (Å²) in [6, 6.07) is 8.36. The molecule has 2 nitrogen and oxygen atoms in total. The van der Waals surface area contributed by atoms with E-state index in [1.807, 2.05) is 12.1 Å². The lowest BCUT2D eigenvalue weighted by atomic mass is 9.97. The van der Waals surface area contributed by atoms with Crippen LogP contribution in [0, 0.1) is 0 Å². The zero-order valence-electron chi connectivity index (χ0n) is 10.6. The van der Waals surface area contributed by atoms with Gasteiger partial charge >= 0.3 is 0 Å². The van der Waals surface area contributed by atoms with Gasteiger partial charge in [0.15, 0.2) is 0 Å². The molecule has 0 aliphatic heterocycles. The Morgan fingerprint density at radius 2 is 2.28 bits per heavy atom. The van der Waals surface area contributed by atoms with E-state index in [4.69, 9.17) is 16.0 Å². The monoisotopic (exact) mass is 263 g/mol. The molecule has 18 heavy (non-hydrogen) atoms. The molecule has 0 fully saturated rings. The Morgan fingerprint density at radius 1 is 1.44 bits per heavy atom. The van der Waals surface area contributed by atoms with Crippen LogP contribution in [0.2, 0.25) is 0 Å². The molecule has 2 aromatic rings. The summed E-state index contributed by atoms with van der Waals surface area (Å²) in [7, 11) is 0. The van der Waals surface area contributed by atoms with Crippen molar-refractivity contribution in [3.63, 3.8) is 0 Å². The fraction of sp³-hybridized carbons (Fsp3) is 0.333. The molecule has 0 aliphatic carbocycles. The highest BCUT2D eigenvalue weighted by Gasteiger charge is 2.13. The Morgan fingerprint density at radius 3 is 3.00 bits per heavy atom. The van der Waals surface area contributed by atoms with Crippen LogP contribution in [0.25, 0.3) is 16.5 Å². The maximum atomic E-state index is 5.84. The highest BCUT2D eigenvalue weighted by molar-refractivity contribution is 6.17. The van der Waals surface area contributed by atoms with Gasteiger partial charge in [0.1, 0.15) is 5.58 Å². The van der Waals surface area contributed by atoms with Crippen molar-refractivity contribution in [3.05, 3.63) is 42.7 Å². The topological polar surface area (TPSA) is 25.2 Å². The Labute approximate surface area is 113 Å². The number of alkyl halides is 1. The Kier molecular flexibility index (Phi) is 4.45. The Balaban J connectivity index is 2.24. The molecule has 2 rings (SSSR count). The maximum Gasteiger partial charge on any atom is 0.134 e. The first kappa shape index (κ1) is 13.2. The average molecular weight is 264 g/mol. The first-order valence-corrected chi connectivity index (χ1v) is 6.75. The highest BCUT2D eigenvalue weighted by Crippen LogP contribution is 2.24. The van der Waals surface area contributed by atoms with Gasteiger partial charge in [-0.05, 0) is 36.2 Å². The second-order valence-corrected chi connectivity index (χ2v) is 4.66. The molecule has 0 spiro atoms. The quantitative estimate of drug-likeness (QED) is 0.796. The van der Waals surface area contributed by atoms with Crippen LogP contribution in [0.1, 0.15) is 18.9 Å². The van der Waals surface area contributed by atoms with E-state index in [9.17, 15) is 0 Å². The number of benzene rings is 1. The van der Waals surface area contributed by atoms with Gasteiger partial charge in [-0.2, -0.15) is 0 Å². The fourth-order valence-electron chi connectivity index (χ4n) is 2.11. The standard InChI is InChI=1S/C15H18ClNO/c1-3-17-14(6-8-16)11(2)13-5-4-12-7-9-18-15(12)10-13/h4-5,7,9-10,14,17H,2-3,6,8H2,1H3. The number of fused-ring (bicyclic) bond motifs is 1. The lowest BCUT2D eigenvalue weighted by Crippen LogP contribution is -2.30. The summed E-state index contributed by atoms with van der Waals surface area (Å²) in [6.45, 7) is 7.18. The normalized spacial score (nSPS) is 12.8. The molecule has 0 bridgehead atoms. The Hall–Kier alpha value is -1.25. The van der Waals surface area contributed by atoms with Gasteiger partial charge in [-0.1, -0.05) is 25.6 Å². The molecule has 1 atom stereocenters. The van der Waals surface area contributed by atoms with E-state index in [-0.39, 0.29) is 6.04 Å². The number of rotatable bonds is 6. The van der Waals surface area contributed by atoms with Crippen LogP contribution in [0.15, 0.2) is 41.5 Å². The van der Waals surface area contributed by atoms with Crippen molar-refractivity contribution >= 4 is 28.1 Å². The molecule has 96 valence electrons. The van der Waals surface area contributed by atoms with Gasteiger partial charge in [-0.25, -0.2) is 0 Å². The summed E-state index contributed by atoms with van der Waals surface area (Å²) in [4.78, 5) is 0. The minimum absolute atomic E-state index is 0.222. The van der Waals surface area contributed by atoms with Crippen molar-refractivity contribution < 1.29 is 4.42 Å². The molecule has 0 aliphatic rings. The van der Waals surface area contributed by atoms with Gasteiger partial charge in [0.05, 0.1) is 6.26 Å². The fourth-order valence-corrected chi connectivity index (χ4v) is 2.33. The van der Waals surface area contributed by atoms with E-state index in [0.717, 1.165) is 35.1 Å². The molecular formula is C15H18ClNO. The summed E-state index contributed by atoms with van der Waals surface area (Å²) in [5.41, 5.74) is 3.07. The summed E-state index contributed by atoms with van der Waals surface area (Å²) in [6.07, 6.45) is 2.59. The molecule has 3 heteroatoms. The molecule has 0 saturated heterocycles. The number of hydrogen-bond donors (Lipinski definition) is 1. The lowest BCUT2D eigenvalue weighted by molar-refractivity contribution is 0.611. The summed E-state index contributed by atoms with van der Waals surface area (Å²) in [5.74, 6) is 0.625. The number of furan rings is 1. The minimum atomic E-state index is 0.222. The van der Waals surface area contributed by atoms with Crippen molar-refractivity contribution in [1.82, 2.24) is 5.32 Å². The molecule has 1 aromatic heterocycles. The van der Waals surface area contributed by atoms with Crippen LogP contribution in [-0.4, -0.2) is 18.5 Å². The number of hydrogen-bond acceptors (Lipinski definition) is 2. The van der Waals surface area contributed by atoms with Crippen LogP contribution in [0.3, 0.4) is 0 Å². The summed E-state index contributed by atoms with van der Waals surface area (Å²) < 4.78 is 5.42. The predicted molar refractivity (Wildman–Crippen MR) is 78.0 cm³/mol. The third-order valence-corrected chi connectivity index (χ3v) is 3.31. The van der Waals surface area contributed by atoms with Crippen molar-refractivity contribution in [3.8, 4) is 0 Å². The average Bonchev–Trinajstić information content (AvgIpc) is 2.84. The van der Waals surface area contributed by atoms with Crippen LogP contribution in [-0.2, 0) is 0 Å². The van der Waals surface area contributed by atoms with E-state index >= 15 is 0 Å². The van der Waals surface area contributed by atoms with E-state index in [2.05, 4.69) is 31.0 Å². The van der Waals surface area contributed by atoms with Gasteiger partial charge in [-0.15, -0.1) is 11.6 Å². The van der Waals surface area contributed by atoms with Gasteiger partial charge in [0, 0.05) is 17.3 Å². The smallest absolute Gasteiger partial charge is 0.134 e. The van der Waals surface area contributed by atoms with Crippen LogP contribution >= 0.6 is 11.6 Å². The largest absolute Gasteiger partial charge is 0.464 e. The zero-order chi connectivity index (χ0) is 13.0. The van der Waals surface area contributed by atoms with Crippen molar-refractivity contribution in [2.45, 2.75) is 19.4 Å². The maximum absolute atomic E-state index is 5.84. The molecular weight excluding hydrogens is 246 g/mol. The second-order valence-electron chi connectivity index (χ2n) is 4.29. The van der Waals surface area contributed by atoms with Crippen LogP contribution < -0.4 is 5.32 Å². The highest BCUT2D eigenvalue weighted by atomic mass is 35.5. The van der Waals surface area contributed by atoms with Gasteiger partial charge in [-0.3, -0.25) is 0 Å². The first-order chi connectivity index (χ1) is 8.76. The number of nitrogens with one attached hydrogen (secondary N) is 1. The second kappa shape index (κ2) is 6.07.